The van der Waals surface area contributed by atoms with E-state index in [1.165, 1.54) is 12.8 Å². The third-order valence-electron chi connectivity index (χ3n) is 3.66. The Bertz CT molecular complexity index is 190. The van der Waals surface area contributed by atoms with E-state index in [1.54, 1.807) is 0 Å². The first-order valence-electron chi connectivity index (χ1n) is 4.94. The molecule has 2 rings (SSSR count). The molecule has 2 N–H and O–H groups in total. The fourth-order valence-electron chi connectivity index (χ4n) is 2.53. The summed E-state index contributed by atoms with van der Waals surface area (Å²) in [5.74, 6) is 0.613. The number of hydrogen-bond donors (Lipinski definition) is 1. The van der Waals surface area contributed by atoms with Crippen LogP contribution in [0.15, 0.2) is 0 Å². The summed E-state index contributed by atoms with van der Waals surface area (Å²) in [4.78, 5) is 0. The Morgan fingerprint density at radius 1 is 1.33 bits per heavy atom. The molecular weight excluding hydrogens is 150 g/mol. The van der Waals surface area contributed by atoms with E-state index in [4.69, 9.17) is 10.5 Å². The molecule has 0 aromatic carbocycles. The molecule has 0 aromatic heterocycles. The van der Waals surface area contributed by atoms with Crippen LogP contribution in [0.1, 0.15) is 33.6 Å². The van der Waals surface area contributed by atoms with Crippen molar-refractivity contribution in [3.05, 3.63) is 0 Å². The first-order chi connectivity index (χ1) is 5.53. The summed E-state index contributed by atoms with van der Waals surface area (Å²) in [5, 5.41) is 0. The predicted octanol–water partition coefficient (Wildman–Crippen LogP) is 1.54. The molecule has 1 unspecified atom stereocenters. The van der Waals surface area contributed by atoms with Gasteiger partial charge in [0.2, 0.25) is 0 Å². The Morgan fingerprint density at radius 2 is 1.92 bits per heavy atom. The minimum absolute atomic E-state index is 0.328. The second-order valence-corrected chi connectivity index (χ2v) is 4.94. The van der Waals surface area contributed by atoms with Crippen LogP contribution >= 0.6 is 0 Å². The van der Waals surface area contributed by atoms with Gasteiger partial charge in [0.05, 0.1) is 12.2 Å². The number of hydrogen-bond acceptors (Lipinski definition) is 2. The largest absolute Gasteiger partial charge is 0.375 e. The normalized spacial score (nSPS) is 51.0. The van der Waals surface area contributed by atoms with Crippen molar-refractivity contribution in [3.8, 4) is 0 Å². The maximum atomic E-state index is 5.99. The van der Waals surface area contributed by atoms with Gasteiger partial charge in [-0.05, 0) is 25.2 Å². The Kier molecular flexibility index (Phi) is 1.74. The molecular formula is C10H19NO. The maximum absolute atomic E-state index is 5.99. The van der Waals surface area contributed by atoms with Crippen LogP contribution in [0.3, 0.4) is 0 Å². The van der Waals surface area contributed by atoms with Crippen molar-refractivity contribution in [2.45, 2.75) is 51.9 Å². The van der Waals surface area contributed by atoms with Crippen molar-refractivity contribution >= 4 is 0 Å². The highest BCUT2D eigenvalue weighted by Crippen LogP contribution is 2.55. The monoisotopic (exact) mass is 169 g/mol. The van der Waals surface area contributed by atoms with Crippen molar-refractivity contribution < 1.29 is 4.74 Å². The average molecular weight is 169 g/mol. The fourth-order valence-corrected chi connectivity index (χ4v) is 2.53. The minimum atomic E-state index is 0.328. The lowest BCUT2D eigenvalue weighted by Gasteiger charge is -2.11. The van der Waals surface area contributed by atoms with Crippen molar-refractivity contribution in [2.24, 2.45) is 17.1 Å². The molecule has 0 amide bonds. The van der Waals surface area contributed by atoms with E-state index in [0.29, 0.717) is 29.6 Å². The van der Waals surface area contributed by atoms with E-state index in [-0.39, 0.29) is 0 Å². The van der Waals surface area contributed by atoms with Crippen LogP contribution in [0.25, 0.3) is 0 Å². The number of nitrogens with two attached hydrogens (primary N) is 1. The van der Waals surface area contributed by atoms with Crippen molar-refractivity contribution in [2.75, 3.05) is 0 Å². The van der Waals surface area contributed by atoms with E-state index in [1.807, 2.05) is 0 Å². The van der Waals surface area contributed by atoms with Crippen LogP contribution in [0.4, 0.5) is 0 Å². The van der Waals surface area contributed by atoms with Gasteiger partial charge in [0.15, 0.2) is 0 Å². The predicted molar refractivity (Wildman–Crippen MR) is 48.8 cm³/mol. The summed E-state index contributed by atoms with van der Waals surface area (Å²) in [6.45, 7) is 6.64. The van der Waals surface area contributed by atoms with E-state index in [0.717, 1.165) is 0 Å². The van der Waals surface area contributed by atoms with Crippen molar-refractivity contribution in [3.63, 3.8) is 0 Å². The molecule has 2 fully saturated rings. The molecule has 2 nitrogen and oxygen atoms in total. The SMILES string of the molecule is C[C@@H]1CCC([C@@H]2[C@@H](N)C2(C)C)O1. The molecule has 4 atom stereocenters. The minimum Gasteiger partial charge on any atom is -0.375 e. The summed E-state index contributed by atoms with van der Waals surface area (Å²) in [7, 11) is 0. The van der Waals surface area contributed by atoms with Gasteiger partial charge in [0.25, 0.3) is 0 Å². The molecule has 1 saturated heterocycles. The van der Waals surface area contributed by atoms with Gasteiger partial charge in [-0.3, -0.25) is 0 Å². The van der Waals surface area contributed by atoms with Gasteiger partial charge in [-0.25, -0.2) is 0 Å². The maximum Gasteiger partial charge on any atom is 0.0628 e. The van der Waals surface area contributed by atoms with Gasteiger partial charge in [-0.15, -0.1) is 0 Å². The quantitative estimate of drug-likeness (QED) is 0.646. The molecule has 0 radical (unpaired) electrons. The molecule has 2 aliphatic rings. The number of ether oxygens (including phenoxy) is 1. The molecule has 1 aliphatic heterocycles. The highest BCUT2D eigenvalue weighted by Gasteiger charge is 2.60. The van der Waals surface area contributed by atoms with Gasteiger partial charge < -0.3 is 10.5 Å². The summed E-state index contributed by atoms with van der Waals surface area (Å²) in [6.07, 6.45) is 3.33. The van der Waals surface area contributed by atoms with Crippen LogP contribution in [0.5, 0.6) is 0 Å². The van der Waals surface area contributed by atoms with Gasteiger partial charge >= 0.3 is 0 Å². The second kappa shape index (κ2) is 2.46. The van der Waals surface area contributed by atoms with Gasteiger partial charge in [-0.1, -0.05) is 13.8 Å². The molecule has 0 spiro atoms. The summed E-state index contributed by atoms with van der Waals surface area (Å²) in [5.41, 5.74) is 6.32. The van der Waals surface area contributed by atoms with E-state index in [9.17, 15) is 0 Å². The standard InChI is InChI=1S/C10H19NO/c1-6-4-5-7(12-6)8-9(11)10(8,2)3/h6-9H,4-5,11H2,1-3H3/t6-,7?,8-,9-/m1/s1. The average Bonchev–Trinajstić information content (AvgIpc) is 2.38. The summed E-state index contributed by atoms with van der Waals surface area (Å²) in [6, 6.07) is 0.368. The smallest absolute Gasteiger partial charge is 0.0628 e. The Balaban J connectivity index is 1.96. The lowest BCUT2D eigenvalue weighted by molar-refractivity contribution is 0.0352. The molecule has 0 bridgehead atoms. The Morgan fingerprint density at radius 3 is 2.25 bits per heavy atom. The fraction of sp³-hybridized carbons (Fsp3) is 1.00. The Labute approximate surface area is 74.5 Å². The zero-order valence-corrected chi connectivity index (χ0v) is 8.21. The third kappa shape index (κ3) is 1.09. The Hall–Kier alpha value is -0.0800. The zero-order chi connectivity index (χ0) is 8.93. The molecule has 70 valence electrons. The van der Waals surface area contributed by atoms with Crippen LogP contribution in [-0.2, 0) is 4.74 Å². The number of rotatable bonds is 1. The molecule has 1 saturated carbocycles. The van der Waals surface area contributed by atoms with E-state index < -0.39 is 0 Å². The molecule has 1 aliphatic carbocycles. The van der Waals surface area contributed by atoms with Crippen molar-refractivity contribution in [1.29, 1.82) is 0 Å². The molecule has 1 heterocycles. The van der Waals surface area contributed by atoms with E-state index in [2.05, 4.69) is 20.8 Å². The van der Waals surface area contributed by atoms with Gasteiger partial charge in [-0.2, -0.15) is 0 Å². The van der Waals surface area contributed by atoms with Crippen LogP contribution in [0.2, 0.25) is 0 Å². The second-order valence-electron chi connectivity index (χ2n) is 4.94. The highest BCUT2D eigenvalue weighted by molar-refractivity contribution is 5.12. The summed E-state index contributed by atoms with van der Waals surface area (Å²) >= 11 is 0. The van der Waals surface area contributed by atoms with E-state index >= 15 is 0 Å². The van der Waals surface area contributed by atoms with Crippen LogP contribution < -0.4 is 5.73 Å². The molecule has 2 heteroatoms. The summed E-state index contributed by atoms with van der Waals surface area (Å²) < 4.78 is 5.81. The van der Waals surface area contributed by atoms with Crippen LogP contribution in [0, 0.1) is 11.3 Å². The first kappa shape index (κ1) is 8.52. The lowest BCUT2D eigenvalue weighted by Crippen LogP contribution is -2.16. The van der Waals surface area contributed by atoms with Crippen molar-refractivity contribution in [1.82, 2.24) is 0 Å². The van der Waals surface area contributed by atoms with Crippen LogP contribution in [-0.4, -0.2) is 18.2 Å². The van der Waals surface area contributed by atoms with Gasteiger partial charge in [0, 0.05) is 12.0 Å². The lowest BCUT2D eigenvalue weighted by atomic mass is 10.0. The first-order valence-corrected chi connectivity index (χ1v) is 4.94. The molecule has 12 heavy (non-hydrogen) atoms. The highest BCUT2D eigenvalue weighted by atomic mass is 16.5. The topological polar surface area (TPSA) is 35.2 Å². The zero-order valence-electron chi connectivity index (χ0n) is 8.21. The van der Waals surface area contributed by atoms with Gasteiger partial charge in [0.1, 0.15) is 0 Å². The third-order valence-corrected chi connectivity index (χ3v) is 3.66. The molecule has 0 aromatic rings.